The molecule has 1 aliphatic rings. The monoisotopic (exact) mass is 283 g/mol. The van der Waals surface area contributed by atoms with Gasteiger partial charge in [-0.2, -0.15) is 8.78 Å². The van der Waals surface area contributed by atoms with Gasteiger partial charge in [-0.15, -0.1) is 0 Å². The molecule has 3 nitrogen and oxygen atoms in total. The quantitative estimate of drug-likeness (QED) is 0.843. The van der Waals surface area contributed by atoms with Crippen molar-refractivity contribution in [3.8, 4) is 0 Å². The maximum atomic E-state index is 13.1. The highest BCUT2D eigenvalue weighted by Gasteiger charge is 2.50. The number of alkyl halides is 2. The Morgan fingerprint density at radius 3 is 2.35 bits per heavy atom. The predicted octanol–water partition coefficient (Wildman–Crippen LogP) is 3.17. The fourth-order valence-corrected chi connectivity index (χ4v) is 2.45. The highest BCUT2D eigenvalue weighted by atomic mass is 19.3. The first-order valence-electron chi connectivity index (χ1n) is 6.91. The van der Waals surface area contributed by atoms with E-state index in [1.165, 1.54) is 0 Å². The topological polar surface area (TPSA) is 38.3 Å². The van der Waals surface area contributed by atoms with Crippen LogP contribution in [-0.4, -0.2) is 24.5 Å². The van der Waals surface area contributed by atoms with Gasteiger partial charge in [0.15, 0.2) is 0 Å². The van der Waals surface area contributed by atoms with Crippen molar-refractivity contribution in [1.29, 1.82) is 0 Å². The number of cyclic esters (lactones) is 1. The molecule has 0 radical (unpaired) electrons. The molecule has 1 fully saturated rings. The van der Waals surface area contributed by atoms with Crippen LogP contribution in [0.2, 0.25) is 0 Å². The van der Waals surface area contributed by atoms with Crippen LogP contribution in [0.4, 0.5) is 14.5 Å². The number of hydrogen-bond acceptors (Lipinski definition) is 3. The van der Waals surface area contributed by atoms with Crippen molar-refractivity contribution in [1.82, 2.24) is 0 Å². The van der Waals surface area contributed by atoms with Crippen molar-refractivity contribution in [2.45, 2.75) is 45.1 Å². The molecule has 0 amide bonds. The summed E-state index contributed by atoms with van der Waals surface area (Å²) in [5.74, 6) is -4.76. The van der Waals surface area contributed by atoms with Crippen molar-refractivity contribution in [3.05, 3.63) is 29.3 Å². The average Bonchev–Trinajstić information content (AvgIpc) is 2.69. The lowest BCUT2D eigenvalue weighted by atomic mass is 10.0. The predicted molar refractivity (Wildman–Crippen MR) is 73.1 cm³/mol. The molecule has 1 atom stereocenters. The Labute approximate surface area is 117 Å². The van der Waals surface area contributed by atoms with E-state index in [9.17, 15) is 13.6 Å². The van der Waals surface area contributed by atoms with Crippen LogP contribution in [-0.2, 0) is 22.4 Å². The van der Waals surface area contributed by atoms with E-state index in [-0.39, 0.29) is 6.54 Å². The van der Waals surface area contributed by atoms with E-state index in [1.807, 2.05) is 32.0 Å². The molecule has 20 heavy (non-hydrogen) atoms. The summed E-state index contributed by atoms with van der Waals surface area (Å²) in [6.07, 6.45) is 0.398. The van der Waals surface area contributed by atoms with Gasteiger partial charge in [-0.1, -0.05) is 32.0 Å². The van der Waals surface area contributed by atoms with E-state index < -0.39 is 24.4 Å². The van der Waals surface area contributed by atoms with E-state index in [1.54, 1.807) is 0 Å². The molecule has 2 rings (SSSR count). The Bertz CT molecular complexity index is 480. The van der Waals surface area contributed by atoms with Crippen LogP contribution in [0, 0.1) is 0 Å². The van der Waals surface area contributed by atoms with Crippen LogP contribution < -0.4 is 5.32 Å². The molecule has 1 N–H and O–H groups in total. The Kier molecular flexibility index (Phi) is 4.26. The van der Waals surface area contributed by atoms with Crippen molar-refractivity contribution in [2.75, 3.05) is 11.9 Å². The number of hydrogen-bond donors (Lipinski definition) is 1. The summed E-state index contributed by atoms with van der Waals surface area (Å²) in [4.78, 5) is 11.0. The number of halogens is 2. The van der Waals surface area contributed by atoms with Gasteiger partial charge in [0.1, 0.15) is 6.10 Å². The lowest BCUT2D eigenvalue weighted by Gasteiger charge is -2.17. The van der Waals surface area contributed by atoms with Crippen LogP contribution in [0.3, 0.4) is 0 Å². The van der Waals surface area contributed by atoms with Crippen LogP contribution in [0.5, 0.6) is 0 Å². The molecule has 1 aliphatic heterocycles. The van der Waals surface area contributed by atoms with E-state index >= 15 is 0 Å². The third-order valence-corrected chi connectivity index (χ3v) is 3.56. The van der Waals surface area contributed by atoms with Crippen LogP contribution >= 0.6 is 0 Å². The number of esters is 1. The molecular formula is C15H19F2NO2. The fraction of sp³-hybridized carbons (Fsp3) is 0.533. The zero-order valence-electron chi connectivity index (χ0n) is 11.7. The Balaban J connectivity index is 2.06. The average molecular weight is 283 g/mol. The molecule has 0 aliphatic carbocycles. The second kappa shape index (κ2) is 5.77. The van der Waals surface area contributed by atoms with Gasteiger partial charge in [-0.3, -0.25) is 0 Å². The summed E-state index contributed by atoms with van der Waals surface area (Å²) in [6, 6.07) is 6.01. The van der Waals surface area contributed by atoms with Gasteiger partial charge in [0.05, 0.1) is 13.0 Å². The first-order chi connectivity index (χ1) is 9.47. The molecule has 1 heterocycles. The highest BCUT2D eigenvalue weighted by Crippen LogP contribution is 2.31. The number of ether oxygens (including phenoxy) is 1. The van der Waals surface area contributed by atoms with Gasteiger partial charge < -0.3 is 10.1 Å². The third-order valence-electron chi connectivity index (χ3n) is 3.56. The molecule has 1 aromatic carbocycles. The Hall–Kier alpha value is -1.65. The number of rotatable bonds is 5. The Morgan fingerprint density at radius 1 is 1.30 bits per heavy atom. The van der Waals surface area contributed by atoms with Crippen LogP contribution in [0.15, 0.2) is 18.2 Å². The fourth-order valence-electron chi connectivity index (χ4n) is 2.45. The van der Waals surface area contributed by atoms with Gasteiger partial charge in [0, 0.05) is 5.69 Å². The maximum absolute atomic E-state index is 13.1. The maximum Gasteiger partial charge on any atom is 0.377 e. The van der Waals surface area contributed by atoms with E-state index in [2.05, 4.69) is 5.32 Å². The summed E-state index contributed by atoms with van der Waals surface area (Å²) in [5.41, 5.74) is 3.25. The standard InChI is InChI=1S/C15H19F2NO2/c1-3-10-6-5-7-11(4-2)13(10)18-9-12-8-15(16,17)14(19)20-12/h5-7,12,18H,3-4,8-9H2,1-2H3. The van der Waals surface area contributed by atoms with E-state index in [0.717, 1.165) is 29.7 Å². The van der Waals surface area contributed by atoms with Crippen molar-refractivity contribution in [2.24, 2.45) is 0 Å². The molecule has 1 saturated heterocycles. The molecule has 0 saturated carbocycles. The SMILES string of the molecule is CCc1cccc(CC)c1NCC1CC(F)(F)C(=O)O1. The van der Waals surface area contributed by atoms with E-state index in [4.69, 9.17) is 4.74 Å². The first-order valence-corrected chi connectivity index (χ1v) is 6.91. The molecule has 1 aromatic rings. The Morgan fingerprint density at radius 2 is 1.90 bits per heavy atom. The largest absolute Gasteiger partial charge is 0.456 e. The van der Waals surface area contributed by atoms with Gasteiger partial charge in [0.2, 0.25) is 0 Å². The van der Waals surface area contributed by atoms with Gasteiger partial charge >= 0.3 is 11.9 Å². The van der Waals surface area contributed by atoms with Crippen molar-refractivity contribution in [3.63, 3.8) is 0 Å². The highest BCUT2D eigenvalue weighted by molar-refractivity contribution is 5.79. The second-order valence-electron chi connectivity index (χ2n) is 4.98. The van der Waals surface area contributed by atoms with Gasteiger partial charge in [-0.05, 0) is 24.0 Å². The summed E-state index contributed by atoms with van der Waals surface area (Å²) in [7, 11) is 0. The van der Waals surface area contributed by atoms with Gasteiger partial charge in [0.25, 0.3) is 0 Å². The number of aryl methyl sites for hydroxylation is 2. The number of nitrogens with one attached hydrogen (secondary N) is 1. The molecule has 0 bridgehead atoms. The van der Waals surface area contributed by atoms with Crippen LogP contribution in [0.25, 0.3) is 0 Å². The van der Waals surface area contributed by atoms with Crippen molar-refractivity contribution < 1.29 is 18.3 Å². The normalized spacial score (nSPS) is 20.8. The molecule has 0 spiro atoms. The lowest BCUT2D eigenvalue weighted by molar-refractivity contribution is -0.158. The number of carbonyl (C=O) groups is 1. The third kappa shape index (κ3) is 2.92. The number of anilines is 1. The minimum Gasteiger partial charge on any atom is -0.456 e. The number of para-hydroxylation sites is 1. The van der Waals surface area contributed by atoms with Gasteiger partial charge in [-0.25, -0.2) is 4.79 Å². The summed E-state index contributed by atoms with van der Waals surface area (Å²) < 4.78 is 30.9. The van der Waals surface area contributed by atoms with Crippen LogP contribution in [0.1, 0.15) is 31.4 Å². The lowest BCUT2D eigenvalue weighted by Crippen LogP contribution is -2.22. The zero-order valence-corrected chi connectivity index (χ0v) is 11.7. The molecular weight excluding hydrogens is 264 g/mol. The summed E-state index contributed by atoms with van der Waals surface area (Å²) >= 11 is 0. The summed E-state index contributed by atoms with van der Waals surface area (Å²) in [5, 5.41) is 3.17. The smallest absolute Gasteiger partial charge is 0.377 e. The second-order valence-corrected chi connectivity index (χ2v) is 4.98. The molecule has 110 valence electrons. The number of benzene rings is 1. The molecule has 0 aromatic heterocycles. The number of carbonyl (C=O) groups excluding carboxylic acids is 1. The molecule has 1 unspecified atom stereocenters. The molecule has 5 heteroatoms. The minimum atomic E-state index is -3.34. The minimum absolute atomic E-state index is 0.214. The zero-order chi connectivity index (χ0) is 14.8. The van der Waals surface area contributed by atoms with Crippen molar-refractivity contribution >= 4 is 11.7 Å². The first kappa shape index (κ1) is 14.8. The summed E-state index contributed by atoms with van der Waals surface area (Å²) in [6.45, 7) is 4.30. The van der Waals surface area contributed by atoms with E-state index in [0.29, 0.717) is 0 Å².